The maximum absolute atomic E-state index is 13.6. The molecule has 34 heavy (non-hydrogen) atoms. The predicted molar refractivity (Wildman–Crippen MR) is 135 cm³/mol. The number of aromatic nitrogens is 4. The normalized spacial score (nSPS) is 14.1. The van der Waals surface area contributed by atoms with E-state index >= 15 is 0 Å². The fourth-order valence-electron chi connectivity index (χ4n) is 4.35. The summed E-state index contributed by atoms with van der Waals surface area (Å²) in [7, 11) is 0. The number of carbonyl (C=O) groups excluding carboxylic acids is 1. The van der Waals surface area contributed by atoms with Crippen LogP contribution in [0.5, 0.6) is 0 Å². The van der Waals surface area contributed by atoms with Crippen LogP contribution in [0.2, 0.25) is 0 Å². The van der Waals surface area contributed by atoms with E-state index in [2.05, 4.69) is 32.3 Å². The average molecular weight is 488 g/mol. The first-order chi connectivity index (χ1) is 16.7. The van der Waals surface area contributed by atoms with Gasteiger partial charge in [-0.05, 0) is 37.1 Å². The second-order valence-corrected chi connectivity index (χ2v) is 10.5. The van der Waals surface area contributed by atoms with E-state index in [1.165, 1.54) is 5.57 Å². The number of rotatable bonds is 5. The van der Waals surface area contributed by atoms with Crippen LogP contribution in [0.1, 0.15) is 33.1 Å². The number of benzene rings is 1. The summed E-state index contributed by atoms with van der Waals surface area (Å²) in [6, 6.07) is 11.8. The van der Waals surface area contributed by atoms with Crippen molar-refractivity contribution in [2.24, 2.45) is 0 Å². The molecule has 0 spiro atoms. The molecule has 1 N–H and O–H groups in total. The van der Waals surface area contributed by atoms with Crippen molar-refractivity contribution >= 4 is 56.6 Å². The van der Waals surface area contributed by atoms with Crippen molar-refractivity contribution in [1.29, 1.82) is 0 Å². The zero-order valence-electron chi connectivity index (χ0n) is 18.4. The Morgan fingerprint density at radius 2 is 2.09 bits per heavy atom. The lowest BCUT2D eigenvalue weighted by atomic mass is 9.99. The highest BCUT2D eigenvalue weighted by Crippen LogP contribution is 2.35. The van der Waals surface area contributed by atoms with E-state index in [0.717, 1.165) is 48.9 Å². The summed E-state index contributed by atoms with van der Waals surface area (Å²) in [5, 5.41) is 11.3. The SMILES string of the molecule is Cc1nnc(SCc2c(C(=O)N3CC=C(c4c[nH]c5ncccc45)CC3)oc3ccccc23)s1. The van der Waals surface area contributed by atoms with Gasteiger partial charge in [0.2, 0.25) is 0 Å². The third kappa shape index (κ3) is 3.80. The van der Waals surface area contributed by atoms with Gasteiger partial charge >= 0.3 is 0 Å². The molecule has 0 fully saturated rings. The van der Waals surface area contributed by atoms with Crippen molar-refractivity contribution < 1.29 is 9.21 Å². The molecule has 6 rings (SSSR count). The Balaban J connectivity index is 1.27. The van der Waals surface area contributed by atoms with Crippen molar-refractivity contribution in [1.82, 2.24) is 25.1 Å². The van der Waals surface area contributed by atoms with E-state index in [9.17, 15) is 4.79 Å². The lowest BCUT2D eigenvalue weighted by Gasteiger charge is -2.26. The molecule has 1 amide bonds. The number of hydrogen-bond donors (Lipinski definition) is 1. The number of nitrogens with zero attached hydrogens (tertiary/aromatic N) is 4. The maximum Gasteiger partial charge on any atom is 0.290 e. The summed E-state index contributed by atoms with van der Waals surface area (Å²) in [6.45, 7) is 3.12. The molecule has 5 aromatic rings. The minimum absolute atomic E-state index is 0.0730. The van der Waals surface area contributed by atoms with Gasteiger partial charge in [-0.1, -0.05) is 47.4 Å². The molecule has 170 valence electrons. The van der Waals surface area contributed by atoms with Gasteiger partial charge in [0, 0.05) is 53.1 Å². The molecule has 7 nitrogen and oxygen atoms in total. The second kappa shape index (κ2) is 8.73. The van der Waals surface area contributed by atoms with Crippen LogP contribution in [-0.2, 0) is 5.75 Å². The molecular formula is C25H21N5O2S2. The molecule has 5 heterocycles. The number of furan rings is 1. The number of thioether (sulfide) groups is 1. The van der Waals surface area contributed by atoms with Crippen LogP contribution in [0.25, 0.3) is 27.6 Å². The van der Waals surface area contributed by atoms with Crippen LogP contribution in [0.3, 0.4) is 0 Å². The van der Waals surface area contributed by atoms with Gasteiger partial charge in [0.05, 0.1) is 0 Å². The fraction of sp³-hybridized carbons (Fsp3) is 0.200. The molecule has 0 atom stereocenters. The summed E-state index contributed by atoms with van der Waals surface area (Å²) >= 11 is 3.14. The third-order valence-corrected chi connectivity index (χ3v) is 8.03. The molecule has 1 aromatic carbocycles. The number of para-hydroxylation sites is 1. The quantitative estimate of drug-likeness (QED) is 0.320. The fourth-order valence-corrected chi connectivity index (χ4v) is 6.19. The highest BCUT2D eigenvalue weighted by Gasteiger charge is 2.27. The first-order valence-corrected chi connectivity index (χ1v) is 12.8. The molecule has 0 bridgehead atoms. The number of pyridine rings is 1. The van der Waals surface area contributed by atoms with E-state index in [-0.39, 0.29) is 5.91 Å². The molecule has 1 aliphatic heterocycles. The van der Waals surface area contributed by atoms with Crippen LogP contribution >= 0.6 is 23.1 Å². The minimum Gasteiger partial charge on any atom is -0.451 e. The van der Waals surface area contributed by atoms with Crippen molar-refractivity contribution in [2.45, 2.75) is 23.4 Å². The molecule has 9 heteroatoms. The topological polar surface area (TPSA) is 87.9 Å². The average Bonchev–Trinajstić information content (AvgIpc) is 3.59. The van der Waals surface area contributed by atoms with Crippen LogP contribution in [0.4, 0.5) is 0 Å². The van der Waals surface area contributed by atoms with E-state index in [1.54, 1.807) is 29.3 Å². The predicted octanol–water partition coefficient (Wildman–Crippen LogP) is 5.69. The number of hydrogen-bond acceptors (Lipinski definition) is 7. The number of carbonyl (C=O) groups is 1. The summed E-state index contributed by atoms with van der Waals surface area (Å²) < 4.78 is 6.98. The minimum atomic E-state index is -0.0730. The van der Waals surface area contributed by atoms with Gasteiger partial charge in [-0.15, -0.1) is 10.2 Å². The van der Waals surface area contributed by atoms with Gasteiger partial charge in [-0.3, -0.25) is 4.79 Å². The Morgan fingerprint density at radius 3 is 2.91 bits per heavy atom. The van der Waals surface area contributed by atoms with Gasteiger partial charge in [-0.25, -0.2) is 4.98 Å². The highest BCUT2D eigenvalue weighted by molar-refractivity contribution is 8.00. The van der Waals surface area contributed by atoms with E-state index in [1.807, 2.05) is 48.4 Å². The van der Waals surface area contributed by atoms with Gasteiger partial charge in [0.25, 0.3) is 5.91 Å². The van der Waals surface area contributed by atoms with Crippen LogP contribution < -0.4 is 0 Å². The number of H-pyrrole nitrogens is 1. The Kier molecular flexibility index (Phi) is 5.43. The van der Waals surface area contributed by atoms with Crippen molar-refractivity contribution in [3.63, 3.8) is 0 Å². The van der Waals surface area contributed by atoms with Crippen LogP contribution in [-0.4, -0.2) is 44.1 Å². The van der Waals surface area contributed by atoms with E-state index in [0.29, 0.717) is 24.6 Å². The summed E-state index contributed by atoms with van der Waals surface area (Å²) in [4.78, 5) is 23.0. The van der Waals surface area contributed by atoms with Crippen LogP contribution in [0.15, 0.2) is 63.6 Å². The number of aromatic amines is 1. The third-order valence-electron chi connectivity index (χ3n) is 6.03. The number of fused-ring (bicyclic) bond motifs is 2. The molecule has 0 unspecified atom stereocenters. The molecule has 0 aliphatic carbocycles. The van der Waals surface area contributed by atoms with Crippen molar-refractivity contribution in [2.75, 3.05) is 13.1 Å². The largest absolute Gasteiger partial charge is 0.451 e. The van der Waals surface area contributed by atoms with Crippen LogP contribution in [0, 0.1) is 6.92 Å². The Bertz CT molecular complexity index is 1550. The lowest BCUT2D eigenvalue weighted by molar-refractivity contribution is 0.0742. The van der Waals surface area contributed by atoms with Crippen molar-refractivity contribution in [3.8, 4) is 0 Å². The number of aryl methyl sites for hydroxylation is 1. The Hall–Kier alpha value is -3.43. The Labute approximate surface area is 203 Å². The summed E-state index contributed by atoms with van der Waals surface area (Å²) in [5.41, 5.74) is 4.91. The summed E-state index contributed by atoms with van der Waals surface area (Å²) in [6.07, 6.45) is 6.71. The zero-order chi connectivity index (χ0) is 23.1. The molecule has 4 aromatic heterocycles. The van der Waals surface area contributed by atoms with E-state index in [4.69, 9.17) is 4.42 Å². The number of nitrogens with one attached hydrogen (secondary N) is 1. The molecule has 1 aliphatic rings. The summed E-state index contributed by atoms with van der Waals surface area (Å²) in [5.74, 6) is 0.948. The smallest absolute Gasteiger partial charge is 0.290 e. The lowest BCUT2D eigenvalue weighted by Crippen LogP contribution is -2.34. The van der Waals surface area contributed by atoms with Crippen molar-refractivity contribution in [3.05, 3.63) is 76.8 Å². The van der Waals surface area contributed by atoms with Gasteiger partial charge in [0.1, 0.15) is 16.2 Å². The first-order valence-electron chi connectivity index (χ1n) is 11.0. The standard InChI is InChI=1S/C25H21N5O2S2/c1-15-28-29-25(34-15)33-14-20-17-5-2-3-7-21(17)32-22(20)24(31)30-11-8-16(9-12-30)19-13-27-23-18(19)6-4-10-26-23/h2-8,10,13H,9,11-12,14H2,1H3,(H,26,27). The first kappa shape index (κ1) is 21.1. The molecule has 0 saturated carbocycles. The second-order valence-electron chi connectivity index (χ2n) is 8.11. The van der Waals surface area contributed by atoms with E-state index < -0.39 is 0 Å². The van der Waals surface area contributed by atoms with Gasteiger partial charge in [0.15, 0.2) is 10.1 Å². The number of amides is 1. The zero-order valence-corrected chi connectivity index (χ0v) is 20.1. The monoisotopic (exact) mass is 487 g/mol. The Morgan fingerprint density at radius 1 is 1.21 bits per heavy atom. The molecule has 0 saturated heterocycles. The molecular weight excluding hydrogens is 466 g/mol. The highest BCUT2D eigenvalue weighted by atomic mass is 32.2. The van der Waals surface area contributed by atoms with Gasteiger partial charge < -0.3 is 14.3 Å². The van der Waals surface area contributed by atoms with Gasteiger partial charge in [-0.2, -0.15) is 0 Å². The maximum atomic E-state index is 13.6. The molecule has 0 radical (unpaired) electrons.